The Hall–Kier alpha value is -3.11. The van der Waals surface area contributed by atoms with E-state index in [-0.39, 0.29) is 9.88 Å². The molecule has 2 heterocycles. The maximum atomic E-state index is 12.1. The molecule has 3 rings (SSSR count). The van der Waals surface area contributed by atoms with E-state index in [2.05, 4.69) is 4.99 Å². The van der Waals surface area contributed by atoms with E-state index >= 15 is 0 Å². The minimum absolute atomic E-state index is 0.0602. The van der Waals surface area contributed by atoms with Crippen molar-refractivity contribution in [2.45, 2.75) is 13.5 Å². The van der Waals surface area contributed by atoms with Gasteiger partial charge in [-0.05, 0) is 18.6 Å². The summed E-state index contributed by atoms with van der Waals surface area (Å²) in [5, 5.41) is 12.3. The second-order valence-corrected chi connectivity index (χ2v) is 7.71. The highest BCUT2D eigenvalue weighted by Gasteiger charge is 2.17. The lowest BCUT2D eigenvalue weighted by atomic mass is 10.1. The van der Waals surface area contributed by atoms with Gasteiger partial charge >= 0.3 is 11.0 Å². The number of aromatic nitrogens is 1. The molecule has 0 saturated heterocycles. The maximum absolute atomic E-state index is 12.1. The molecule has 0 aliphatic rings. The van der Waals surface area contributed by atoms with Crippen LogP contribution in [0.15, 0.2) is 53.0 Å². The first-order valence-electron chi connectivity index (χ1n) is 8.11. The van der Waals surface area contributed by atoms with Crippen molar-refractivity contribution in [2.24, 2.45) is 4.99 Å². The van der Waals surface area contributed by atoms with Crippen LogP contribution in [-0.4, -0.2) is 28.0 Å². The lowest BCUT2D eigenvalue weighted by Crippen LogP contribution is -2.19. The maximum Gasteiger partial charge on any atom is 0.349 e. The number of nitrogens with zero attached hydrogens (tertiary/aromatic N) is 3. The normalized spacial score (nSPS) is 11.4. The molecule has 0 bridgehead atoms. The van der Waals surface area contributed by atoms with E-state index in [1.165, 1.54) is 23.5 Å². The smallest absolute Gasteiger partial charge is 0.349 e. The summed E-state index contributed by atoms with van der Waals surface area (Å²) in [6.07, 6.45) is 1.83. The molecule has 0 N–H and O–H groups in total. The van der Waals surface area contributed by atoms with Crippen molar-refractivity contribution in [3.63, 3.8) is 0 Å². The number of esters is 1. The van der Waals surface area contributed by atoms with Crippen LogP contribution in [0.5, 0.6) is 0 Å². The molecule has 1 aromatic carbocycles. The largest absolute Gasteiger partial charge is 0.451 e. The van der Waals surface area contributed by atoms with Crippen LogP contribution in [-0.2, 0) is 16.1 Å². The summed E-state index contributed by atoms with van der Waals surface area (Å²) in [5.41, 5.74) is 2.24. The molecule has 10 heteroatoms. The number of thiophene rings is 1. The van der Waals surface area contributed by atoms with Gasteiger partial charge in [0.1, 0.15) is 4.88 Å². The van der Waals surface area contributed by atoms with Gasteiger partial charge in [-0.25, -0.2) is 4.79 Å². The Bertz CT molecular complexity index is 1080. The van der Waals surface area contributed by atoms with Crippen LogP contribution in [0, 0.1) is 17.0 Å². The number of benzene rings is 1. The van der Waals surface area contributed by atoms with Gasteiger partial charge in [0.25, 0.3) is 5.91 Å². The molecule has 2 aromatic heterocycles. The molecule has 3 aromatic rings. The van der Waals surface area contributed by atoms with Gasteiger partial charge in [0.15, 0.2) is 11.4 Å². The fourth-order valence-corrected chi connectivity index (χ4v) is 3.73. The lowest BCUT2D eigenvalue weighted by molar-refractivity contribution is -0.380. The summed E-state index contributed by atoms with van der Waals surface area (Å²) in [5.74, 6) is -1.40. The zero-order valence-electron chi connectivity index (χ0n) is 14.7. The Kier molecular flexibility index (Phi) is 6.12. The first-order valence-corrected chi connectivity index (χ1v) is 9.80. The van der Waals surface area contributed by atoms with Gasteiger partial charge in [0.05, 0.1) is 4.92 Å². The number of ether oxygens (including phenoxy) is 1. The van der Waals surface area contributed by atoms with E-state index in [4.69, 9.17) is 4.74 Å². The predicted octanol–water partition coefficient (Wildman–Crippen LogP) is 3.16. The number of nitro groups is 1. The molecule has 0 atom stereocenters. The molecule has 0 aliphatic carbocycles. The third-order valence-electron chi connectivity index (χ3n) is 3.65. The van der Waals surface area contributed by atoms with Crippen LogP contribution < -0.4 is 4.80 Å². The molecular weight excluding hydrogens is 402 g/mol. The molecule has 144 valence electrons. The number of thiazole rings is 1. The summed E-state index contributed by atoms with van der Waals surface area (Å²) in [6, 6.07) is 10.5. The highest BCUT2D eigenvalue weighted by molar-refractivity contribution is 7.17. The van der Waals surface area contributed by atoms with E-state index in [0.717, 1.165) is 11.1 Å². The van der Waals surface area contributed by atoms with Crippen LogP contribution >= 0.6 is 22.7 Å². The average Bonchev–Trinajstić information content (AvgIpc) is 3.32. The van der Waals surface area contributed by atoms with Crippen molar-refractivity contribution in [1.82, 2.24) is 4.57 Å². The minimum atomic E-state index is -0.791. The molecule has 0 aliphatic heterocycles. The monoisotopic (exact) mass is 417 g/mol. The zero-order valence-corrected chi connectivity index (χ0v) is 16.4. The highest BCUT2D eigenvalue weighted by atomic mass is 32.1. The third-order valence-corrected chi connectivity index (χ3v) is 5.46. The van der Waals surface area contributed by atoms with Gasteiger partial charge in [0.2, 0.25) is 0 Å². The van der Waals surface area contributed by atoms with Crippen LogP contribution in [0.3, 0.4) is 0 Å². The van der Waals surface area contributed by atoms with Crippen molar-refractivity contribution < 1.29 is 19.2 Å². The minimum Gasteiger partial charge on any atom is -0.451 e. The highest BCUT2D eigenvalue weighted by Crippen LogP contribution is 2.24. The topological polar surface area (TPSA) is 104 Å². The third kappa shape index (κ3) is 4.99. The quantitative estimate of drug-likeness (QED) is 0.348. The molecule has 28 heavy (non-hydrogen) atoms. The molecule has 1 amide bonds. The molecule has 0 saturated carbocycles. The summed E-state index contributed by atoms with van der Waals surface area (Å²) in [6.45, 7) is 2.04. The summed E-state index contributed by atoms with van der Waals surface area (Å²) < 4.78 is 6.74. The Morgan fingerprint density at radius 2 is 1.96 bits per heavy atom. The fraction of sp³-hybridized carbons (Fsp3) is 0.167. The van der Waals surface area contributed by atoms with Gasteiger partial charge in [-0.2, -0.15) is 4.99 Å². The molecule has 8 nitrogen and oxygen atoms in total. The fourth-order valence-electron chi connectivity index (χ4n) is 2.27. The van der Waals surface area contributed by atoms with Crippen molar-refractivity contribution in [1.29, 1.82) is 0 Å². The Balaban J connectivity index is 1.63. The summed E-state index contributed by atoms with van der Waals surface area (Å²) in [4.78, 5) is 38.6. The molecule has 0 unspecified atom stereocenters. The van der Waals surface area contributed by atoms with Gasteiger partial charge in [0, 0.05) is 24.2 Å². The molecule has 0 spiro atoms. The second-order valence-electron chi connectivity index (χ2n) is 5.78. The molecular formula is C18H15N3O5S2. The molecule has 0 radical (unpaired) electrons. The second kappa shape index (κ2) is 8.72. The van der Waals surface area contributed by atoms with Gasteiger partial charge in [-0.3, -0.25) is 14.9 Å². The van der Waals surface area contributed by atoms with Crippen LogP contribution in [0.4, 0.5) is 5.00 Å². The van der Waals surface area contributed by atoms with Gasteiger partial charge in [-0.1, -0.05) is 41.2 Å². The van der Waals surface area contributed by atoms with E-state index in [0.29, 0.717) is 22.7 Å². The number of amides is 1. The van der Waals surface area contributed by atoms with Crippen molar-refractivity contribution >= 4 is 39.6 Å². The van der Waals surface area contributed by atoms with E-state index in [1.807, 2.05) is 47.3 Å². The average molecular weight is 417 g/mol. The first-order chi connectivity index (χ1) is 13.4. The number of aryl methyl sites for hydroxylation is 1. The number of hydrogen-bond donors (Lipinski definition) is 0. The molecule has 0 fully saturated rings. The van der Waals surface area contributed by atoms with E-state index < -0.39 is 23.4 Å². The Morgan fingerprint density at radius 3 is 2.64 bits per heavy atom. The van der Waals surface area contributed by atoms with Crippen LogP contribution in [0.2, 0.25) is 0 Å². The van der Waals surface area contributed by atoms with Crippen molar-refractivity contribution in [2.75, 3.05) is 6.61 Å². The Labute approximate surface area is 167 Å². The van der Waals surface area contributed by atoms with Crippen LogP contribution in [0.1, 0.15) is 20.8 Å². The predicted molar refractivity (Wildman–Crippen MR) is 104 cm³/mol. The summed E-state index contributed by atoms with van der Waals surface area (Å²) >= 11 is 1.99. The Morgan fingerprint density at radius 1 is 1.21 bits per heavy atom. The van der Waals surface area contributed by atoms with Crippen molar-refractivity contribution in [3.8, 4) is 0 Å². The van der Waals surface area contributed by atoms with E-state index in [1.54, 1.807) is 0 Å². The number of hydrogen-bond acceptors (Lipinski definition) is 7. The standard InChI is InChI=1S/C18H15N3O5S2/c1-12-2-4-13(5-3-12)10-20-8-9-27-18(20)19-15(22)11-26-17(23)14-6-7-16(28-14)21(24)25/h2-9H,10-11H2,1H3. The van der Waals surface area contributed by atoms with Crippen LogP contribution in [0.25, 0.3) is 0 Å². The number of carbonyl (C=O) groups excluding carboxylic acids is 2. The lowest BCUT2D eigenvalue weighted by Gasteiger charge is -2.04. The number of rotatable bonds is 6. The van der Waals surface area contributed by atoms with E-state index in [9.17, 15) is 19.7 Å². The zero-order chi connectivity index (χ0) is 20.1. The SMILES string of the molecule is Cc1ccc(Cn2ccsc2=NC(=O)COC(=O)c2ccc([N+](=O)[O-])s2)cc1. The number of carbonyl (C=O) groups is 2. The van der Waals surface area contributed by atoms with Gasteiger partial charge < -0.3 is 9.30 Å². The van der Waals surface area contributed by atoms with Gasteiger partial charge in [-0.15, -0.1) is 11.3 Å². The first kappa shape index (κ1) is 19.6. The van der Waals surface area contributed by atoms with Crippen molar-refractivity contribution in [3.05, 3.63) is 78.9 Å². The summed E-state index contributed by atoms with van der Waals surface area (Å²) in [7, 11) is 0.